The van der Waals surface area contributed by atoms with Crippen LogP contribution in [0.4, 0.5) is 0 Å². The van der Waals surface area contributed by atoms with Crippen LogP contribution < -0.4 is 5.32 Å². The van der Waals surface area contributed by atoms with Gasteiger partial charge in [-0.05, 0) is 43.1 Å². The molecule has 0 saturated carbocycles. The second-order valence-electron chi connectivity index (χ2n) is 4.40. The third kappa shape index (κ3) is 3.23. The fourth-order valence-corrected chi connectivity index (χ4v) is 2.68. The Morgan fingerprint density at radius 2 is 1.81 bits per heavy atom. The van der Waals surface area contributed by atoms with Crippen LogP contribution >= 0.6 is 11.6 Å². The molecular weight excluding hydrogens is 218 g/mol. The zero-order chi connectivity index (χ0) is 12.1. The van der Waals surface area contributed by atoms with Gasteiger partial charge in [0.15, 0.2) is 0 Å². The van der Waals surface area contributed by atoms with E-state index in [4.69, 9.17) is 11.6 Å². The second-order valence-corrected chi connectivity index (χ2v) is 4.84. The minimum Gasteiger partial charge on any atom is -0.313 e. The smallest absolute Gasteiger partial charge is 0.0411 e. The molecule has 1 atom stereocenters. The second kappa shape index (κ2) is 6.27. The summed E-state index contributed by atoms with van der Waals surface area (Å²) in [5.74, 6) is 0.669. The van der Waals surface area contributed by atoms with E-state index in [0.717, 1.165) is 5.02 Å². The van der Waals surface area contributed by atoms with Gasteiger partial charge in [-0.2, -0.15) is 0 Å². The van der Waals surface area contributed by atoms with Crippen molar-refractivity contribution >= 4 is 11.6 Å². The quantitative estimate of drug-likeness (QED) is 0.806. The summed E-state index contributed by atoms with van der Waals surface area (Å²) in [6.45, 7) is 6.58. The summed E-state index contributed by atoms with van der Waals surface area (Å²) < 4.78 is 0. The lowest BCUT2D eigenvalue weighted by molar-refractivity contribution is 0.359. The predicted molar refractivity (Wildman–Crippen MR) is 72.1 cm³/mol. The molecule has 2 heteroatoms. The molecule has 90 valence electrons. The van der Waals surface area contributed by atoms with Gasteiger partial charge < -0.3 is 5.32 Å². The molecule has 0 bridgehead atoms. The Bertz CT molecular complexity index is 311. The number of halogens is 1. The first-order valence-corrected chi connectivity index (χ1v) is 6.44. The Kier molecular flexibility index (Phi) is 5.30. The van der Waals surface area contributed by atoms with E-state index in [1.807, 2.05) is 13.1 Å². The summed E-state index contributed by atoms with van der Waals surface area (Å²) in [5.41, 5.74) is 2.54. The topological polar surface area (TPSA) is 12.0 Å². The zero-order valence-electron chi connectivity index (χ0n) is 10.7. The summed E-state index contributed by atoms with van der Waals surface area (Å²) in [4.78, 5) is 0. The highest BCUT2D eigenvalue weighted by molar-refractivity contribution is 6.30. The van der Waals surface area contributed by atoms with E-state index in [9.17, 15) is 0 Å². The molecule has 0 radical (unpaired) electrons. The Morgan fingerprint density at radius 1 is 1.19 bits per heavy atom. The summed E-state index contributed by atoms with van der Waals surface area (Å²) in [7, 11) is 2.03. The molecular formula is C14H22ClN. The Balaban J connectivity index is 3.02. The van der Waals surface area contributed by atoms with Gasteiger partial charge in [0, 0.05) is 11.1 Å². The van der Waals surface area contributed by atoms with E-state index in [0.29, 0.717) is 12.0 Å². The number of hydrogen-bond donors (Lipinski definition) is 1. The van der Waals surface area contributed by atoms with Crippen molar-refractivity contribution in [2.24, 2.45) is 5.92 Å². The minimum absolute atomic E-state index is 0.410. The molecule has 0 saturated heterocycles. The maximum atomic E-state index is 6.11. The zero-order valence-corrected chi connectivity index (χ0v) is 11.4. The maximum Gasteiger partial charge on any atom is 0.0411 e. The number of aryl methyl sites for hydroxylation is 1. The lowest BCUT2D eigenvalue weighted by atomic mass is 9.88. The van der Waals surface area contributed by atoms with Gasteiger partial charge >= 0.3 is 0 Å². The number of hydrogen-bond acceptors (Lipinski definition) is 1. The molecule has 0 fully saturated rings. The standard InChI is InChI=1S/C14H22ClN/c1-5-11(6-2)14(16-4)12-7-10(3)8-13(15)9-12/h7-9,11,14,16H,5-6H2,1-4H3. The molecule has 0 spiro atoms. The van der Waals surface area contributed by atoms with Crippen molar-refractivity contribution in [2.45, 2.75) is 39.7 Å². The van der Waals surface area contributed by atoms with Gasteiger partial charge in [0.05, 0.1) is 0 Å². The number of benzene rings is 1. The SMILES string of the molecule is CCC(CC)C(NC)c1cc(C)cc(Cl)c1. The van der Waals surface area contributed by atoms with Crippen LogP contribution in [0.1, 0.15) is 43.9 Å². The highest BCUT2D eigenvalue weighted by atomic mass is 35.5. The molecule has 16 heavy (non-hydrogen) atoms. The highest BCUT2D eigenvalue weighted by Gasteiger charge is 2.18. The first kappa shape index (κ1) is 13.5. The van der Waals surface area contributed by atoms with Gasteiger partial charge in [0.25, 0.3) is 0 Å². The summed E-state index contributed by atoms with van der Waals surface area (Å²) in [6, 6.07) is 6.72. The van der Waals surface area contributed by atoms with Crippen LogP contribution in [0.2, 0.25) is 5.02 Å². The van der Waals surface area contributed by atoms with E-state index >= 15 is 0 Å². The third-order valence-electron chi connectivity index (χ3n) is 3.25. The molecule has 1 rings (SSSR count). The molecule has 0 aliphatic rings. The van der Waals surface area contributed by atoms with Crippen molar-refractivity contribution < 1.29 is 0 Å². The average molecular weight is 240 g/mol. The lowest BCUT2D eigenvalue weighted by Crippen LogP contribution is -2.24. The monoisotopic (exact) mass is 239 g/mol. The molecule has 0 aliphatic carbocycles. The van der Waals surface area contributed by atoms with Crippen molar-refractivity contribution in [2.75, 3.05) is 7.05 Å². The van der Waals surface area contributed by atoms with Crippen LogP contribution in [-0.4, -0.2) is 7.05 Å². The van der Waals surface area contributed by atoms with Crippen molar-refractivity contribution in [1.29, 1.82) is 0 Å². The van der Waals surface area contributed by atoms with E-state index in [1.165, 1.54) is 24.0 Å². The largest absolute Gasteiger partial charge is 0.313 e. The average Bonchev–Trinajstić information content (AvgIpc) is 2.24. The molecule has 1 aromatic rings. The number of nitrogens with one attached hydrogen (secondary N) is 1. The molecule has 0 amide bonds. The summed E-state index contributed by atoms with van der Waals surface area (Å²) in [5, 5.41) is 4.25. The Labute approximate surface area is 104 Å². The minimum atomic E-state index is 0.410. The van der Waals surface area contributed by atoms with Gasteiger partial charge in [-0.1, -0.05) is 44.4 Å². The fraction of sp³-hybridized carbons (Fsp3) is 0.571. The van der Waals surface area contributed by atoms with Crippen molar-refractivity contribution in [3.63, 3.8) is 0 Å². The van der Waals surface area contributed by atoms with E-state index < -0.39 is 0 Å². The molecule has 1 aromatic carbocycles. The van der Waals surface area contributed by atoms with Crippen molar-refractivity contribution in [1.82, 2.24) is 5.32 Å². The van der Waals surface area contributed by atoms with Crippen LogP contribution in [0, 0.1) is 12.8 Å². The third-order valence-corrected chi connectivity index (χ3v) is 3.47. The fourth-order valence-electron chi connectivity index (χ4n) is 2.38. The molecule has 1 unspecified atom stereocenters. The van der Waals surface area contributed by atoms with Crippen LogP contribution in [0.3, 0.4) is 0 Å². The van der Waals surface area contributed by atoms with Crippen LogP contribution in [0.5, 0.6) is 0 Å². The molecule has 0 aliphatic heterocycles. The van der Waals surface area contributed by atoms with E-state index in [2.05, 4.69) is 38.2 Å². The van der Waals surface area contributed by atoms with Crippen molar-refractivity contribution in [3.05, 3.63) is 34.3 Å². The highest BCUT2D eigenvalue weighted by Crippen LogP contribution is 2.29. The molecule has 1 N–H and O–H groups in total. The van der Waals surface area contributed by atoms with Crippen LogP contribution in [-0.2, 0) is 0 Å². The Morgan fingerprint density at radius 3 is 2.25 bits per heavy atom. The van der Waals surface area contributed by atoms with Gasteiger partial charge in [-0.25, -0.2) is 0 Å². The molecule has 0 heterocycles. The maximum absolute atomic E-state index is 6.11. The first-order chi connectivity index (χ1) is 7.62. The predicted octanol–water partition coefficient (Wildman–Crippen LogP) is 4.35. The van der Waals surface area contributed by atoms with Gasteiger partial charge in [0.1, 0.15) is 0 Å². The first-order valence-electron chi connectivity index (χ1n) is 6.06. The van der Waals surface area contributed by atoms with Gasteiger partial charge in [-0.15, -0.1) is 0 Å². The molecule has 0 aromatic heterocycles. The number of rotatable bonds is 5. The van der Waals surface area contributed by atoms with Gasteiger partial charge in [-0.3, -0.25) is 0 Å². The van der Waals surface area contributed by atoms with E-state index in [-0.39, 0.29) is 0 Å². The van der Waals surface area contributed by atoms with E-state index in [1.54, 1.807) is 0 Å². The Hall–Kier alpha value is -0.530. The lowest BCUT2D eigenvalue weighted by Gasteiger charge is -2.25. The van der Waals surface area contributed by atoms with Crippen LogP contribution in [0.25, 0.3) is 0 Å². The van der Waals surface area contributed by atoms with Gasteiger partial charge in [0.2, 0.25) is 0 Å². The normalized spacial score (nSPS) is 13.1. The summed E-state index contributed by atoms with van der Waals surface area (Å²) >= 11 is 6.11. The van der Waals surface area contributed by atoms with Crippen LogP contribution in [0.15, 0.2) is 18.2 Å². The summed E-state index contributed by atoms with van der Waals surface area (Å²) in [6.07, 6.45) is 2.38. The van der Waals surface area contributed by atoms with Crippen molar-refractivity contribution in [3.8, 4) is 0 Å². The molecule has 1 nitrogen and oxygen atoms in total.